The van der Waals surface area contributed by atoms with E-state index in [4.69, 9.17) is 15.6 Å². The van der Waals surface area contributed by atoms with Gasteiger partial charge in [-0.1, -0.05) is 0 Å². The fraction of sp³-hybridized carbons (Fsp3) is 0.273. The minimum atomic E-state index is -1.05. The largest absolute Gasteiger partial charge is 0.478 e. The molecule has 1 aliphatic heterocycles. The van der Waals surface area contributed by atoms with Crippen molar-refractivity contribution in [1.29, 1.82) is 0 Å². The number of amides is 1. The number of nitrogens with one attached hydrogen (secondary N) is 1. The summed E-state index contributed by atoms with van der Waals surface area (Å²) in [4.78, 5) is 22.0. The summed E-state index contributed by atoms with van der Waals surface area (Å²) in [5.41, 5.74) is 5.96. The molecule has 2 rings (SSSR count). The van der Waals surface area contributed by atoms with Gasteiger partial charge >= 0.3 is 5.97 Å². The van der Waals surface area contributed by atoms with Crippen molar-refractivity contribution < 1.29 is 19.4 Å². The number of hydrogen-bond donors (Lipinski definition) is 3. The quantitative estimate of drug-likeness (QED) is 0.652. The molecule has 6 nitrogen and oxygen atoms in total. The number of carbonyl (C=O) groups is 2. The number of rotatable bonds is 3. The fourth-order valence-corrected chi connectivity index (χ4v) is 1.63. The summed E-state index contributed by atoms with van der Waals surface area (Å²) in [6, 6.07) is 4.16. The monoisotopic (exact) mass is 236 g/mol. The van der Waals surface area contributed by atoms with Crippen molar-refractivity contribution in [2.75, 3.05) is 12.3 Å². The highest BCUT2D eigenvalue weighted by molar-refractivity contribution is 5.89. The van der Waals surface area contributed by atoms with Crippen LogP contribution < -0.4 is 15.8 Å². The Morgan fingerprint density at radius 2 is 2.29 bits per heavy atom. The molecule has 0 radical (unpaired) electrons. The molecule has 0 aliphatic carbocycles. The van der Waals surface area contributed by atoms with Crippen LogP contribution in [-0.2, 0) is 4.79 Å². The van der Waals surface area contributed by atoms with Crippen molar-refractivity contribution >= 4 is 17.6 Å². The summed E-state index contributed by atoms with van der Waals surface area (Å²) < 4.78 is 5.42. The molecule has 1 unspecified atom stereocenters. The molecule has 1 aliphatic rings. The van der Waals surface area contributed by atoms with Crippen LogP contribution in [-0.4, -0.2) is 29.6 Å². The summed E-state index contributed by atoms with van der Waals surface area (Å²) in [5, 5.41) is 11.4. The smallest absolute Gasteiger partial charge is 0.335 e. The molecule has 90 valence electrons. The summed E-state index contributed by atoms with van der Waals surface area (Å²) >= 11 is 0. The summed E-state index contributed by atoms with van der Waals surface area (Å²) in [7, 11) is 0. The molecule has 17 heavy (non-hydrogen) atoms. The summed E-state index contributed by atoms with van der Waals surface area (Å²) in [5.74, 6) is -0.898. The zero-order valence-electron chi connectivity index (χ0n) is 8.97. The van der Waals surface area contributed by atoms with E-state index in [9.17, 15) is 9.59 Å². The van der Waals surface area contributed by atoms with Crippen LogP contribution in [0.5, 0.6) is 5.75 Å². The Balaban J connectivity index is 2.16. The topological polar surface area (TPSA) is 102 Å². The van der Waals surface area contributed by atoms with Crippen LogP contribution in [0.15, 0.2) is 18.2 Å². The first-order chi connectivity index (χ1) is 8.08. The van der Waals surface area contributed by atoms with Crippen LogP contribution in [0.1, 0.15) is 16.8 Å². The second kappa shape index (κ2) is 4.32. The van der Waals surface area contributed by atoms with E-state index in [-0.39, 0.29) is 17.2 Å². The lowest BCUT2D eigenvalue weighted by Gasteiger charge is -2.13. The Kier molecular flexibility index (Phi) is 2.86. The maximum atomic E-state index is 11.3. The van der Waals surface area contributed by atoms with Crippen molar-refractivity contribution in [2.45, 2.75) is 12.5 Å². The average molecular weight is 236 g/mol. The Hall–Kier alpha value is -2.24. The van der Waals surface area contributed by atoms with E-state index in [1.807, 2.05) is 0 Å². The van der Waals surface area contributed by atoms with Gasteiger partial charge in [0, 0.05) is 13.0 Å². The molecule has 1 aromatic rings. The highest BCUT2D eigenvalue weighted by Gasteiger charge is 2.26. The molecular formula is C11H12N2O4. The maximum Gasteiger partial charge on any atom is 0.335 e. The SMILES string of the molecule is Nc1cc(C(=O)O)ccc1OC1CCNC1=O. The van der Waals surface area contributed by atoms with Gasteiger partial charge in [0.25, 0.3) is 5.91 Å². The molecule has 1 saturated heterocycles. The van der Waals surface area contributed by atoms with E-state index in [0.717, 1.165) is 0 Å². The highest BCUT2D eigenvalue weighted by atomic mass is 16.5. The van der Waals surface area contributed by atoms with E-state index in [1.165, 1.54) is 18.2 Å². The molecule has 1 atom stereocenters. The number of anilines is 1. The number of benzene rings is 1. The van der Waals surface area contributed by atoms with Crippen molar-refractivity contribution in [3.63, 3.8) is 0 Å². The predicted molar refractivity (Wildman–Crippen MR) is 59.9 cm³/mol. The molecule has 0 saturated carbocycles. The van der Waals surface area contributed by atoms with Crippen LogP contribution in [0.3, 0.4) is 0 Å². The lowest BCUT2D eigenvalue weighted by Crippen LogP contribution is -2.27. The second-order valence-corrected chi connectivity index (χ2v) is 3.74. The maximum absolute atomic E-state index is 11.3. The van der Waals surface area contributed by atoms with Crippen LogP contribution >= 0.6 is 0 Å². The van der Waals surface area contributed by atoms with E-state index < -0.39 is 12.1 Å². The Morgan fingerprint density at radius 3 is 2.82 bits per heavy atom. The van der Waals surface area contributed by atoms with Crippen LogP contribution in [0, 0.1) is 0 Å². The number of ether oxygens (including phenoxy) is 1. The first-order valence-electron chi connectivity index (χ1n) is 5.15. The van der Waals surface area contributed by atoms with Gasteiger partial charge in [0.05, 0.1) is 11.3 Å². The zero-order valence-corrected chi connectivity index (χ0v) is 8.97. The normalized spacial score (nSPS) is 18.8. The standard InChI is InChI=1S/C11H12N2O4/c12-7-5-6(11(15)16)1-2-8(7)17-9-3-4-13-10(9)14/h1-2,5,9H,3-4,12H2,(H,13,14)(H,15,16). The molecule has 1 fully saturated rings. The number of carboxylic acids is 1. The third kappa shape index (κ3) is 2.30. The second-order valence-electron chi connectivity index (χ2n) is 3.74. The van der Waals surface area contributed by atoms with Gasteiger partial charge < -0.3 is 20.9 Å². The highest BCUT2D eigenvalue weighted by Crippen LogP contribution is 2.25. The third-order valence-electron chi connectivity index (χ3n) is 2.52. The number of nitrogen functional groups attached to an aromatic ring is 1. The lowest BCUT2D eigenvalue weighted by atomic mass is 10.2. The number of carboxylic acid groups (broad SMARTS) is 1. The molecule has 0 aromatic heterocycles. The minimum Gasteiger partial charge on any atom is -0.478 e. The van der Waals surface area contributed by atoms with Crippen molar-refractivity contribution in [2.24, 2.45) is 0 Å². The van der Waals surface area contributed by atoms with Crippen LogP contribution in [0.4, 0.5) is 5.69 Å². The van der Waals surface area contributed by atoms with E-state index in [0.29, 0.717) is 18.7 Å². The van der Waals surface area contributed by atoms with Gasteiger partial charge in [-0.2, -0.15) is 0 Å². The first kappa shape index (κ1) is 11.3. The van der Waals surface area contributed by atoms with Crippen molar-refractivity contribution in [1.82, 2.24) is 5.32 Å². The molecular weight excluding hydrogens is 224 g/mol. The summed E-state index contributed by atoms with van der Waals surface area (Å²) in [6.07, 6.45) is 0.0341. The van der Waals surface area contributed by atoms with E-state index >= 15 is 0 Å². The average Bonchev–Trinajstić information content (AvgIpc) is 2.67. The molecule has 1 heterocycles. The van der Waals surface area contributed by atoms with Gasteiger partial charge in [0.2, 0.25) is 0 Å². The number of hydrogen-bond acceptors (Lipinski definition) is 4. The fourth-order valence-electron chi connectivity index (χ4n) is 1.63. The minimum absolute atomic E-state index is 0.0886. The van der Waals surface area contributed by atoms with Crippen LogP contribution in [0.2, 0.25) is 0 Å². The molecule has 0 bridgehead atoms. The van der Waals surface area contributed by atoms with Gasteiger partial charge in [-0.25, -0.2) is 4.79 Å². The number of aromatic carboxylic acids is 1. The molecule has 0 spiro atoms. The van der Waals surface area contributed by atoms with E-state index in [1.54, 1.807) is 0 Å². The summed E-state index contributed by atoms with van der Waals surface area (Å²) in [6.45, 7) is 0.580. The lowest BCUT2D eigenvalue weighted by molar-refractivity contribution is -0.124. The Morgan fingerprint density at radius 1 is 1.53 bits per heavy atom. The van der Waals surface area contributed by atoms with Gasteiger partial charge in [-0.15, -0.1) is 0 Å². The van der Waals surface area contributed by atoms with Gasteiger partial charge in [0.1, 0.15) is 5.75 Å². The van der Waals surface area contributed by atoms with Crippen molar-refractivity contribution in [3.8, 4) is 5.75 Å². The zero-order chi connectivity index (χ0) is 12.4. The van der Waals surface area contributed by atoms with Crippen LogP contribution in [0.25, 0.3) is 0 Å². The third-order valence-corrected chi connectivity index (χ3v) is 2.52. The molecule has 1 amide bonds. The number of carbonyl (C=O) groups excluding carboxylic acids is 1. The Labute approximate surface area is 97.4 Å². The van der Waals surface area contributed by atoms with Gasteiger partial charge in [-0.3, -0.25) is 4.79 Å². The van der Waals surface area contributed by atoms with Gasteiger partial charge in [0.15, 0.2) is 6.10 Å². The van der Waals surface area contributed by atoms with Crippen molar-refractivity contribution in [3.05, 3.63) is 23.8 Å². The molecule has 6 heteroatoms. The number of nitrogens with two attached hydrogens (primary N) is 1. The first-order valence-corrected chi connectivity index (χ1v) is 5.15. The molecule has 4 N–H and O–H groups in total. The molecule has 1 aromatic carbocycles. The Bertz CT molecular complexity index is 473. The predicted octanol–water partition coefficient (Wildman–Crippen LogP) is 0.234. The van der Waals surface area contributed by atoms with E-state index in [2.05, 4.69) is 5.32 Å². The van der Waals surface area contributed by atoms with Gasteiger partial charge in [-0.05, 0) is 18.2 Å².